The van der Waals surface area contributed by atoms with E-state index < -0.39 is 0 Å². The lowest BCUT2D eigenvalue weighted by Gasteiger charge is -2.32. The lowest BCUT2D eigenvalue weighted by Crippen LogP contribution is -2.44. The number of aromatic amines is 1. The van der Waals surface area contributed by atoms with Gasteiger partial charge in [-0.15, -0.1) is 11.3 Å². The number of nitrogens with zero attached hydrogens (tertiary/aromatic N) is 3. The molecule has 1 fully saturated rings. The van der Waals surface area contributed by atoms with Crippen molar-refractivity contribution in [3.63, 3.8) is 0 Å². The summed E-state index contributed by atoms with van der Waals surface area (Å²) in [5, 5.41) is 5.01. The molecule has 0 radical (unpaired) electrons. The van der Waals surface area contributed by atoms with E-state index in [-0.39, 0.29) is 17.4 Å². The first-order valence-electron chi connectivity index (χ1n) is 10.7. The second-order valence-corrected chi connectivity index (χ2v) is 8.82. The Morgan fingerprint density at radius 1 is 1.19 bits per heavy atom. The molecule has 4 heterocycles. The summed E-state index contributed by atoms with van der Waals surface area (Å²) in [4.78, 5) is 39.3. The summed E-state index contributed by atoms with van der Waals surface area (Å²) >= 11 is 1.41. The second-order valence-electron chi connectivity index (χ2n) is 7.94. The Labute approximate surface area is 189 Å². The van der Waals surface area contributed by atoms with E-state index in [1.165, 1.54) is 11.3 Å². The summed E-state index contributed by atoms with van der Waals surface area (Å²) in [6.07, 6.45) is 5.12. The number of benzene rings is 1. The van der Waals surface area contributed by atoms with Crippen LogP contribution in [0.15, 0.2) is 65.0 Å². The number of carbonyl (C=O) groups excluding carboxylic acids is 1. The molecule has 0 bridgehead atoms. The number of carbonyl (C=O) groups is 1. The summed E-state index contributed by atoms with van der Waals surface area (Å²) in [6.45, 7) is 1.77. The minimum Gasteiger partial charge on any atom is -0.352 e. The van der Waals surface area contributed by atoms with Crippen LogP contribution in [-0.4, -0.2) is 33.9 Å². The Morgan fingerprint density at radius 2 is 2.00 bits per heavy atom. The van der Waals surface area contributed by atoms with Gasteiger partial charge in [-0.3, -0.25) is 19.6 Å². The number of fused-ring (bicyclic) bond motifs is 1. The standard InChI is InChI=1S/C24H23N5O2S/c30-22(26-13-16-8-10-25-11-9-16)18-7-4-12-29(14-18)24-27-20-19(17-5-2-1-3-6-17)15-32-21(20)23(31)28-24/h1-3,5-6,8-11,15,18H,4,7,12-14H2,(H,26,30)(H,27,28,31)/t18-/m0/s1. The molecule has 0 spiro atoms. The molecule has 0 unspecified atom stereocenters. The maximum absolute atomic E-state index is 12.8. The molecule has 5 rings (SSSR count). The van der Waals surface area contributed by atoms with Gasteiger partial charge in [0, 0.05) is 43.0 Å². The number of pyridine rings is 1. The molecule has 1 saturated heterocycles. The first kappa shape index (κ1) is 20.4. The van der Waals surface area contributed by atoms with Gasteiger partial charge in [0.2, 0.25) is 11.9 Å². The molecule has 3 aromatic heterocycles. The van der Waals surface area contributed by atoms with Crippen LogP contribution in [0.3, 0.4) is 0 Å². The van der Waals surface area contributed by atoms with Crippen molar-refractivity contribution in [2.24, 2.45) is 5.92 Å². The van der Waals surface area contributed by atoms with Gasteiger partial charge in [-0.05, 0) is 36.1 Å². The van der Waals surface area contributed by atoms with Crippen molar-refractivity contribution in [2.45, 2.75) is 19.4 Å². The van der Waals surface area contributed by atoms with Crippen molar-refractivity contribution >= 4 is 33.4 Å². The number of aromatic nitrogens is 3. The van der Waals surface area contributed by atoms with Crippen molar-refractivity contribution in [3.05, 3.63) is 76.2 Å². The van der Waals surface area contributed by atoms with Gasteiger partial charge in [0.1, 0.15) is 4.70 Å². The minimum absolute atomic E-state index is 0.0236. The van der Waals surface area contributed by atoms with Gasteiger partial charge in [0.15, 0.2) is 0 Å². The lowest BCUT2D eigenvalue weighted by molar-refractivity contribution is -0.125. The fourth-order valence-electron chi connectivity index (χ4n) is 4.11. The highest BCUT2D eigenvalue weighted by molar-refractivity contribution is 7.17. The van der Waals surface area contributed by atoms with Crippen LogP contribution in [0.5, 0.6) is 0 Å². The fraction of sp³-hybridized carbons (Fsp3) is 0.250. The minimum atomic E-state index is -0.150. The molecule has 1 aliphatic rings. The number of rotatable bonds is 5. The molecular weight excluding hydrogens is 422 g/mol. The number of H-pyrrole nitrogens is 1. The quantitative estimate of drug-likeness (QED) is 0.490. The summed E-state index contributed by atoms with van der Waals surface area (Å²) in [5.41, 5.74) is 3.59. The van der Waals surface area contributed by atoms with Crippen LogP contribution < -0.4 is 15.8 Å². The van der Waals surface area contributed by atoms with Gasteiger partial charge in [-0.2, -0.15) is 0 Å². The highest BCUT2D eigenvalue weighted by Gasteiger charge is 2.27. The number of amides is 1. The van der Waals surface area contributed by atoms with Crippen LogP contribution in [0.2, 0.25) is 0 Å². The van der Waals surface area contributed by atoms with Gasteiger partial charge in [0.25, 0.3) is 5.56 Å². The van der Waals surface area contributed by atoms with E-state index in [0.717, 1.165) is 36.1 Å². The third-order valence-corrected chi connectivity index (χ3v) is 6.77. The van der Waals surface area contributed by atoms with E-state index in [1.807, 2.05) is 52.7 Å². The van der Waals surface area contributed by atoms with Crippen molar-refractivity contribution < 1.29 is 4.79 Å². The number of hydrogen-bond acceptors (Lipinski definition) is 6. The molecule has 7 nitrogen and oxygen atoms in total. The molecular formula is C24H23N5O2S. The highest BCUT2D eigenvalue weighted by Crippen LogP contribution is 2.32. The predicted molar refractivity (Wildman–Crippen MR) is 127 cm³/mol. The van der Waals surface area contributed by atoms with Gasteiger partial charge in [-0.1, -0.05) is 30.3 Å². The van der Waals surface area contributed by atoms with Crippen molar-refractivity contribution in [1.29, 1.82) is 0 Å². The monoisotopic (exact) mass is 445 g/mol. The highest BCUT2D eigenvalue weighted by atomic mass is 32.1. The third-order valence-electron chi connectivity index (χ3n) is 5.81. The van der Waals surface area contributed by atoms with E-state index in [9.17, 15) is 9.59 Å². The molecule has 4 aromatic rings. The average Bonchev–Trinajstić information content (AvgIpc) is 3.28. The topological polar surface area (TPSA) is 91.0 Å². The zero-order valence-electron chi connectivity index (χ0n) is 17.5. The third kappa shape index (κ3) is 4.13. The van der Waals surface area contributed by atoms with E-state index in [4.69, 9.17) is 4.98 Å². The molecule has 32 heavy (non-hydrogen) atoms. The van der Waals surface area contributed by atoms with Crippen LogP contribution in [0.1, 0.15) is 18.4 Å². The lowest BCUT2D eigenvalue weighted by atomic mass is 9.97. The molecule has 8 heteroatoms. The molecule has 1 aliphatic heterocycles. The van der Waals surface area contributed by atoms with Crippen LogP contribution in [0.25, 0.3) is 21.3 Å². The molecule has 1 aromatic carbocycles. The van der Waals surface area contributed by atoms with E-state index >= 15 is 0 Å². The molecule has 1 atom stereocenters. The van der Waals surface area contributed by atoms with Crippen molar-refractivity contribution in [3.8, 4) is 11.1 Å². The Balaban J connectivity index is 1.36. The van der Waals surface area contributed by atoms with Gasteiger partial charge < -0.3 is 10.2 Å². The van der Waals surface area contributed by atoms with Crippen LogP contribution in [-0.2, 0) is 11.3 Å². The number of anilines is 1. The Kier molecular flexibility index (Phi) is 5.68. The molecule has 2 N–H and O–H groups in total. The summed E-state index contributed by atoms with van der Waals surface area (Å²) in [5.74, 6) is 0.405. The molecule has 0 aliphatic carbocycles. The van der Waals surface area contributed by atoms with Crippen molar-refractivity contribution in [1.82, 2.24) is 20.3 Å². The molecule has 162 valence electrons. The van der Waals surface area contributed by atoms with Crippen LogP contribution in [0.4, 0.5) is 5.95 Å². The molecule has 1 amide bonds. The van der Waals surface area contributed by atoms with E-state index in [2.05, 4.69) is 15.3 Å². The summed E-state index contributed by atoms with van der Waals surface area (Å²) in [7, 11) is 0. The Hall–Kier alpha value is -3.52. The number of hydrogen-bond donors (Lipinski definition) is 2. The van der Waals surface area contributed by atoms with Crippen molar-refractivity contribution in [2.75, 3.05) is 18.0 Å². The van der Waals surface area contributed by atoms with E-state index in [1.54, 1.807) is 12.4 Å². The zero-order valence-corrected chi connectivity index (χ0v) is 18.3. The SMILES string of the molecule is O=C(NCc1ccncc1)[C@H]1CCCN(c2nc3c(-c4ccccc4)csc3c(=O)[nH]2)C1. The fourth-order valence-corrected chi connectivity index (χ4v) is 5.01. The summed E-state index contributed by atoms with van der Waals surface area (Å²) in [6, 6.07) is 13.8. The maximum Gasteiger partial charge on any atom is 0.270 e. The first-order valence-corrected chi connectivity index (χ1v) is 11.6. The second kappa shape index (κ2) is 8.92. The largest absolute Gasteiger partial charge is 0.352 e. The maximum atomic E-state index is 12.8. The van der Waals surface area contributed by atoms with Gasteiger partial charge in [0.05, 0.1) is 11.4 Å². The number of thiophene rings is 1. The average molecular weight is 446 g/mol. The number of nitrogens with one attached hydrogen (secondary N) is 2. The Morgan fingerprint density at radius 3 is 2.81 bits per heavy atom. The van der Waals surface area contributed by atoms with Crippen LogP contribution in [0, 0.1) is 5.92 Å². The first-order chi connectivity index (χ1) is 15.7. The normalized spacial score (nSPS) is 16.2. The van der Waals surface area contributed by atoms with Crippen LogP contribution >= 0.6 is 11.3 Å². The summed E-state index contributed by atoms with van der Waals surface area (Å²) < 4.78 is 0.622. The smallest absolute Gasteiger partial charge is 0.270 e. The molecule has 0 saturated carbocycles. The predicted octanol–water partition coefficient (Wildman–Crippen LogP) is 3.58. The zero-order chi connectivity index (χ0) is 21.9. The van der Waals surface area contributed by atoms with E-state index in [0.29, 0.717) is 29.3 Å². The van der Waals surface area contributed by atoms with Gasteiger partial charge in [-0.25, -0.2) is 4.98 Å². The Bertz CT molecular complexity index is 1290. The van der Waals surface area contributed by atoms with Gasteiger partial charge >= 0.3 is 0 Å². The number of piperidine rings is 1.